The summed E-state index contributed by atoms with van der Waals surface area (Å²) in [5, 5.41) is 2.38. The quantitative estimate of drug-likeness (QED) is 0.634. The predicted molar refractivity (Wildman–Crippen MR) is 77.4 cm³/mol. The average molecular weight is 329 g/mol. The zero-order chi connectivity index (χ0) is 16.3. The molecule has 0 aromatic heterocycles. The van der Waals surface area contributed by atoms with Crippen LogP contribution in [0.15, 0.2) is 47.4 Å². The standard InChI is InChI=1S/C15H11F4NOS/c1-9-2-7-13(12(16)8-9)20-14(21)10-3-5-11(6-4-10)22-15(17,18)19/h2-8H,1H3,(H,20,21). The van der Waals surface area contributed by atoms with Gasteiger partial charge in [0.05, 0.1) is 5.69 Å². The molecule has 2 rings (SSSR count). The van der Waals surface area contributed by atoms with Crippen LogP contribution in [-0.2, 0) is 0 Å². The van der Waals surface area contributed by atoms with E-state index in [0.717, 1.165) is 0 Å². The van der Waals surface area contributed by atoms with Crippen LogP contribution in [0, 0.1) is 12.7 Å². The monoisotopic (exact) mass is 329 g/mol. The van der Waals surface area contributed by atoms with Crippen LogP contribution in [-0.4, -0.2) is 11.4 Å². The molecule has 0 unspecified atom stereocenters. The highest BCUT2D eigenvalue weighted by molar-refractivity contribution is 8.00. The molecule has 0 aliphatic rings. The van der Waals surface area contributed by atoms with Crippen molar-refractivity contribution < 1.29 is 22.4 Å². The second-order valence-corrected chi connectivity index (χ2v) is 5.65. The lowest BCUT2D eigenvalue weighted by atomic mass is 10.2. The van der Waals surface area contributed by atoms with Gasteiger partial charge in [0.2, 0.25) is 0 Å². The Labute approximate surface area is 128 Å². The Morgan fingerprint density at radius 1 is 1.09 bits per heavy atom. The van der Waals surface area contributed by atoms with E-state index in [1.807, 2.05) is 0 Å². The van der Waals surface area contributed by atoms with Crippen LogP contribution in [0.2, 0.25) is 0 Å². The highest BCUT2D eigenvalue weighted by atomic mass is 32.2. The molecule has 0 bridgehead atoms. The molecule has 0 heterocycles. The smallest absolute Gasteiger partial charge is 0.319 e. The van der Waals surface area contributed by atoms with E-state index in [0.29, 0.717) is 5.56 Å². The molecule has 0 atom stereocenters. The van der Waals surface area contributed by atoms with Crippen molar-refractivity contribution >= 4 is 23.4 Å². The topological polar surface area (TPSA) is 29.1 Å². The minimum absolute atomic E-state index is 0.0179. The third-order valence-corrected chi connectivity index (χ3v) is 3.46. The van der Waals surface area contributed by atoms with Gasteiger partial charge in [-0.2, -0.15) is 13.2 Å². The average Bonchev–Trinajstić information content (AvgIpc) is 2.41. The first-order valence-corrected chi connectivity index (χ1v) is 6.99. The summed E-state index contributed by atoms with van der Waals surface area (Å²) in [4.78, 5) is 11.9. The molecule has 0 radical (unpaired) electrons. The molecule has 2 nitrogen and oxygen atoms in total. The Kier molecular flexibility index (Phi) is 4.75. The van der Waals surface area contributed by atoms with E-state index in [-0.39, 0.29) is 27.9 Å². The number of halogens is 4. The number of hydrogen-bond acceptors (Lipinski definition) is 2. The van der Waals surface area contributed by atoms with Crippen molar-refractivity contribution in [3.8, 4) is 0 Å². The zero-order valence-corrected chi connectivity index (χ0v) is 12.2. The molecule has 0 saturated carbocycles. The van der Waals surface area contributed by atoms with Gasteiger partial charge < -0.3 is 5.32 Å². The first-order chi connectivity index (χ1) is 10.2. The molecule has 1 amide bonds. The summed E-state index contributed by atoms with van der Waals surface area (Å²) >= 11 is -0.263. The van der Waals surface area contributed by atoms with Gasteiger partial charge in [0, 0.05) is 10.5 Å². The number of rotatable bonds is 3. The number of aryl methyl sites for hydroxylation is 1. The van der Waals surface area contributed by atoms with Gasteiger partial charge in [-0.05, 0) is 60.6 Å². The van der Waals surface area contributed by atoms with Gasteiger partial charge >= 0.3 is 5.51 Å². The number of alkyl halides is 3. The minimum atomic E-state index is -4.38. The highest BCUT2D eigenvalue weighted by Crippen LogP contribution is 2.36. The third kappa shape index (κ3) is 4.49. The number of hydrogen-bond donors (Lipinski definition) is 1. The summed E-state index contributed by atoms with van der Waals surface area (Å²) in [7, 11) is 0. The van der Waals surface area contributed by atoms with Crippen LogP contribution < -0.4 is 5.32 Å². The van der Waals surface area contributed by atoms with Gasteiger partial charge in [-0.25, -0.2) is 4.39 Å². The van der Waals surface area contributed by atoms with Crippen LogP contribution >= 0.6 is 11.8 Å². The normalized spacial score (nSPS) is 11.3. The Morgan fingerprint density at radius 3 is 2.27 bits per heavy atom. The summed E-state index contributed by atoms with van der Waals surface area (Å²) in [5.74, 6) is -1.16. The summed E-state index contributed by atoms with van der Waals surface area (Å²) in [6.07, 6.45) is 0. The van der Waals surface area contributed by atoms with E-state index in [1.54, 1.807) is 13.0 Å². The van der Waals surface area contributed by atoms with Gasteiger partial charge in [-0.15, -0.1) is 0 Å². The summed E-state index contributed by atoms with van der Waals surface area (Å²) in [5.41, 5.74) is -3.51. The number of carbonyl (C=O) groups excluding carboxylic acids is 1. The lowest BCUT2D eigenvalue weighted by Crippen LogP contribution is -2.13. The van der Waals surface area contributed by atoms with Crippen molar-refractivity contribution in [2.24, 2.45) is 0 Å². The molecule has 1 N–H and O–H groups in total. The van der Waals surface area contributed by atoms with E-state index in [2.05, 4.69) is 5.32 Å². The van der Waals surface area contributed by atoms with Gasteiger partial charge in [-0.1, -0.05) is 6.07 Å². The third-order valence-electron chi connectivity index (χ3n) is 2.72. The Hall–Kier alpha value is -2.02. The number of benzene rings is 2. The largest absolute Gasteiger partial charge is 0.446 e. The zero-order valence-electron chi connectivity index (χ0n) is 11.4. The van der Waals surface area contributed by atoms with E-state index >= 15 is 0 Å². The molecule has 22 heavy (non-hydrogen) atoms. The van der Waals surface area contributed by atoms with E-state index < -0.39 is 17.2 Å². The predicted octanol–water partition coefficient (Wildman–Crippen LogP) is 5.00. The lowest BCUT2D eigenvalue weighted by Gasteiger charge is -2.08. The first-order valence-electron chi connectivity index (χ1n) is 6.18. The van der Waals surface area contributed by atoms with E-state index in [1.165, 1.54) is 36.4 Å². The van der Waals surface area contributed by atoms with Crippen molar-refractivity contribution in [3.05, 3.63) is 59.4 Å². The molecule has 2 aromatic rings. The van der Waals surface area contributed by atoms with Gasteiger partial charge in [0.15, 0.2) is 0 Å². The molecular weight excluding hydrogens is 318 g/mol. The fraction of sp³-hybridized carbons (Fsp3) is 0.133. The molecule has 0 aliphatic carbocycles. The first kappa shape index (κ1) is 16.4. The minimum Gasteiger partial charge on any atom is -0.319 e. The van der Waals surface area contributed by atoms with Crippen molar-refractivity contribution in [1.82, 2.24) is 0 Å². The molecule has 2 aromatic carbocycles. The second-order valence-electron chi connectivity index (χ2n) is 4.51. The van der Waals surface area contributed by atoms with Gasteiger partial charge in [-0.3, -0.25) is 4.79 Å². The number of carbonyl (C=O) groups is 1. The number of thioether (sulfide) groups is 1. The van der Waals surface area contributed by atoms with Crippen LogP contribution in [0.5, 0.6) is 0 Å². The van der Waals surface area contributed by atoms with Crippen LogP contribution in [0.1, 0.15) is 15.9 Å². The fourth-order valence-electron chi connectivity index (χ4n) is 1.72. The molecule has 116 valence electrons. The molecular formula is C15H11F4NOS. The lowest BCUT2D eigenvalue weighted by molar-refractivity contribution is -0.0328. The van der Waals surface area contributed by atoms with Crippen LogP contribution in [0.4, 0.5) is 23.2 Å². The molecule has 0 fully saturated rings. The highest BCUT2D eigenvalue weighted by Gasteiger charge is 2.29. The van der Waals surface area contributed by atoms with E-state index in [9.17, 15) is 22.4 Å². The van der Waals surface area contributed by atoms with Crippen molar-refractivity contribution in [2.75, 3.05) is 5.32 Å². The Morgan fingerprint density at radius 2 is 1.73 bits per heavy atom. The SMILES string of the molecule is Cc1ccc(NC(=O)c2ccc(SC(F)(F)F)cc2)c(F)c1. The van der Waals surface area contributed by atoms with Crippen LogP contribution in [0.3, 0.4) is 0 Å². The number of nitrogens with one attached hydrogen (secondary N) is 1. The van der Waals surface area contributed by atoms with Crippen LogP contribution in [0.25, 0.3) is 0 Å². The summed E-state index contributed by atoms with van der Waals surface area (Å²) in [6.45, 7) is 1.71. The second kappa shape index (κ2) is 6.39. The summed E-state index contributed by atoms with van der Waals surface area (Å²) in [6, 6.07) is 9.25. The molecule has 0 spiro atoms. The number of amides is 1. The molecule has 0 saturated heterocycles. The van der Waals surface area contributed by atoms with E-state index in [4.69, 9.17) is 0 Å². The maximum absolute atomic E-state index is 13.6. The Balaban J connectivity index is 2.10. The summed E-state index contributed by atoms with van der Waals surface area (Å²) < 4.78 is 50.3. The number of anilines is 1. The van der Waals surface area contributed by atoms with Crippen molar-refractivity contribution in [2.45, 2.75) is 17.3 Å². The molecule has 7 heteroatoms. The van der Waals surface area contributed by atoms with Gasteiger partial charge in [0.1, 0.15) is 5.82 Å². The van der Waals surface area contributed by atoms with Crippen molar-refractivity contribution in [3.63, 3.8) is 0 Å². The molecule has 0 aliphatic heterocycles. The Bertz CT molecular complexity index is 683. The maximum atomic E-state index is 13.6. The van der Waals surface area contributed by atoms with Gasteiger partial charge in [0.25, 0.3) is 5.91 Å². The maximum Gasteiger partial charge on any atom is 0.446 e. The fourth-order valence-corrected chi connectivity index (χ4v) is 2.26. The van der Waals surface area contributed by atoms with Crippen molar-refractivity contribution in [1.29, 1.82) is 0 Å².